The summed E-state index contributed by atoms with van der Waals surface area (Å²) in [6.07, 6.45) is 1.58. The number of carbonyl (C=O) groups is 2. The number of nitrogens with two attached hydrogens (primary N) is 2. The summed E-state index contributed by atoms with van der Waals surface area (Å²) in [5.74, 6) is -1.44. The highest BCUT2D eigenvalue weighted by Crippen LogP contribution is 2.15. The number of amides is 1. The highest BCUT2D eigenvalue weighted by atomic mass is 16.5. The highest BCUT2D eigenvalue weighted by Gasteiger charge is 2.13. The summed E-state index contributed by atoms with van der Waals surface area (Å²) >= 11 is 0. The number of ether oxygens (including phenoxy) is 1. The Bertz CT molecular complexity index is 621. The first kappa shape index (κ1) is 12.6. The molecule has 0 aliphatic rings. The smallest absolute Gasteiger partial charge is 0.359 e. The van der Waals surface area contributed by atoms with Crippen molar-refractivity contribution in [2.45, 2.75) is 0 Å². The first-order chi connectivity index (χ1) is 9.08. The molecule has 98 valence electrons. The lowest BCUT2D eigenvalue weighted by molar-refractivity contribution is -0.121. The number of anilines is 1. The van der Waals surface area contributed by atoms with Gasteiger partial charge >= 0.3 is 5.97 Å². The molecule has 1 amide bonds. The Labute approximate surface area is 108 Å². The van der Waals surface area contributed by atoms with Crippen LogP contribution in [0.4, 0.5) is 5.69 Å². The van der Waals surface area contributed by atoms with Crippen molar-refractivity contribution in [3.63, 3.8) is 0 Å². The van der Waals surface area contributed by atoms with E-state index in [9.17, 15) is 9.59 Å². The third-order valence-corrected chi connectivity index (χ3v) is 2.33. The Morgan fingerprint density at radius 2 is 2.00 bits per heavy atom. The predicted octanol–water partition coefficient (Wildman–Crippen LogP) is 0.0966. The standard InChI is InChI=1S/C12H12N4O3/c13-8-3-1-2-4-10(8)16-6-5-9(15-16)12(18)19-7-11(14)17/h1-6H,7,13H2,(H2,14,17). The third kappa shape index (κ3) is 2.89. The molecule has 2 rings (SSSR count). The molecule has 0 unspecified atom stereocenters. The molecule has 2 aromatic rings. The second-order valence-corrected chi connectivity index (χ2v) is 3.75. The van der Waals surface area contributed by atoms with Crippen LogP contribution in [0.2, 0.25) is 0 Å². The lowest BCUT2D eigenvalue weighted by Crippen LogP contribution is -2.21. The largest absolute Gasteiger partial charge is 0.451 e. The molecular formula is C12H12N4O3. The van der Waals surface area contributed by atoms with Crippen LogP contribution in [-0.4, -0.2) is 28.3 Å². The fourth-order valence-corrected chi connectivity index (χ4v) is 1.47. The summed E-state index contributed by atoms with van der Waals surface area (Å²) in [5, 5.41) is 4.03. The Hall–Kier alpha value is -2.83. The maximum atomic E-state index is 11.5. The van der Waals surface area contributed by atoms with E-state index in [0.29, 0.717) is 11.4 Å². The van der Waals surface area contributed by atoms with Crippen LogP contribution in [0.25, 0.3) is 5.69 Å². The van der Waals surface area contributed by atoms with Gasteiger partial charge in [0, 0.05) is 6.20 Å². The zero-order chi connectivity index (χ0) is 13.8. The van der Waals surface area contributed by atoms with E-state index >= 15 is 0 Å². The SMILES string of the molecule is NC(=O)COC(=O)c1ccn(-c2ccccc2N)n1. The number of primary amides is 1. The van der Waals surface area contributed by atoms with Crippen LogP contribution in [0.15, 0.2) is 36.5 Å². The lowest BCUT2D eigenvalue weighted by Gasteiger charge is -2.04. The molecular weight excluding hydrogens is 248 g/mol. The van der Waals surface area contributed by atoms with Crippen molar-refractivity contribution >= 4 is 17.6 Å². The summed E-state index contributed by atoms with van der Waals surface area (Å²) < 4.78 is 6.10. The average molecular weight is 260 g/mol. The number of aromatic nitrogens is 2. The Morgan fingerprint density at radius 1 is 1.26 bits per heavy atom. The molecule has 1 aromatic heterocycles. The topological polar surface area (TPSA) is 113 Å². The van der Waals surface area contributed by atoms with Gasteiger partial charge in [0.2, 0.25) is 0 Å². The van der Waals surface area contributed by atoms with Crippen molar-refractivity contribution in [3.8, 4) is 5.69 Å². The lowest BCUT2D eigenvalue weighted by atomic mass is 10.3. The molecule has 1 heterocycles. The van der Waals surface area contributed by atoms with Gasteiger partial charge in [-0.15, -0.1) is 0 Å². The average Bonchev–Trinajstić information content (AvgIpc) is 2.86. The molecule has 0 atom stereocenters. The third-order valence-electron chi connectivity index (χ3n) is 2.33. The number of esters is 1. The molecule has 1 aromatic carbocycles. The van der Waals surface area contributed by atoms with Crippen molar-refractivity contribution in [2.24, 2.45) is 5.73 Å². The number of para-hydroxylation sites is 2. The first-order valence-electron chi connectivity index (χ1n) is 5.44. The van der Waals surface area contributed by atoms with E-state index in [0.717, 1.165) is 0 Å². The molecule has 0 fully saturated rings. The Morgan fingerprint density at radius 3 is 2.68 bits per heavy atom. The van der Waals surface area contributed by atoms with E-state index in [1.54, 1.807) is 30.5 Å². The minimum Gasteiger partial charge on any atom is -0.451 e. The highest BCUT2D eigenvalue weighted by molar-refractivity contribution is 5.89. The number of rotatable bonds is 4. The van der Waals surface area contributed by atoms with E-state index in [1.165, 1.54) is 10.7 Å². The number of benzene rings is 1. The summed E-state index contributed by atoms with van der Waals surface area (Å²) in [5.41, 5.74) is 11.9. The van der Waals surface area contributed by atoms with Gasteiger partial charge in [0.1, 0.15) is 0 Å². The van der Waals surface area contributed by atoms with Crippen molar-refractivity contribution < 1.29 is 14.3 Å². The van der Waals surface area contributed by atoms with E-state index < -0.39 is 18.5 Å². The van der Waals surface area contributed by atoms with Gasteiger partial charge in [-0.3, -0.25) is 4.79 Å². The maximum absolute atomic E-state index is 11.5. The normalized spacial score (nSPS) is 10.1. The van der Waals surface area contributed by atoms with Crippen LogP contribution >= 0.6 is 0 Å². The quantitative estimate of drug-likeness (QED) is 0.597. The van der Waals surface area contributed by atoms with Gasteiger partial charge in [-0.2, -0.15) is 5.10 Å². The van der Waals surface area contributed by atoms with Gasteiger partial charge in [-0.1, -0.05) is 12.1 Å². The monoisotopic (exact) mass is 260 g/mol. The minimum absolute atomic E-state index is 0.0736. The molecule has 0 bridgehead atoms. The molecule has 0 saturated carbocycles. The molecule has 7 nitrogen and oxygen atoms in total. The van der Waals surface area contributed by atoms with Crippen molar-refractivity contribution in [1.29, 1.82) is 0 Å². The van der Waals surface area contributed by atoms with Crippen LogP contribution in [0.1, 0.15) is 10.5 Å². The van der Waals surface area contributed by atoms with Gasteiger partial charge < -0.3 is 16.2 Å². The van der Waals surface area contributed by atoms with Crippen LogP contribution in [-0.2, 0) is 9.53 Å². The second kappa shape index (κ2) is 5.21. The van der Waals surface area contributed by atoms with Crippen LogP contribution in [0, 0.1) is 0 Å². The fourth-order valence-electron chi connectivity index (χ4n) is 1.47. The number of carbonyl (C=O) groups excluding carboxylic acids is 2. The summed E-state index contributed by atoms with van der Waals surface area (Å²) in [6, 6.07) is 8.56. The van der Waals surface area contributed by atoms with Crippen LogP contribution in [0.5, 0.6) is 0 Å². The molecule has 0 saturated heterocycles. The van der Waals surface area contributed by atoms with Gasteiger partial charge in [0.05, 0.1) is 11.4 Å². The molecule has 4 N–H and O–H groups in total. The summed E-state index contributed by atoms with van der Waals surface area (Å²) in [6.45, 7) is -0.473. The second-order valence-electron chi connectivity index (χ2n) is 3.75. The minimum atomic E-state index is -0.722. The number of hydrogen-bond donors (Lipinski definition) is 2. The van der Waals surface area contributed by atoms with Gasteiger partial charge in [0.15, 0.2) is 12.3 Å². The molecule has 0 aliphatic carbocycles. The number of nitrogen functional groups attached to an aromatic ring is 1. The van der Waals surface area contributed by atoms with Gasteiger partial charge in [-0.05, 0) is 18.2 Å². The number of hydrogen-bond acceptors (Lipinski definition) is 5. The predicted molar refractivity (Wildman–Crippen MR) is 67.5 cm³/mol. The van der Waals surface area contributed by atoms with E-state index in [-0.39, 0.29) is 5.69 Å². The zero-order valence-corrected chi connectivity index (χ0v) is 9.95. The van der Waals surface area contributed by atoms with Gasteiger partial charge in [-0.25, -0.2) is 9.48 Å². The maximum Gasteiger partial charge on any atom is 0.359 e. The van der Waals surface area contributed by atoms with Crippen molar-refractivity contribution in [3.05, 3.63) is 42.2 Å². The van der Waals surface area contributed by atoms with Crippen molar-refractivity contribution in [2.75, 3.05) is 12.3 Å². The van der Waals surface area contributed by atoms with Crippen molar-refractivity contribution in [1.82, 2.24) is 9.78 Å². The van der Waals surface area contributed by atoms with E-state index in [4.69, 9.17) is 11.5 Å². The molecule has 19 heavy (non-hydrogen) atoms. The van der Waals surface area contributed by atoms with Crippen LogP contribution in [0.3, 0.4) is 0 Å². The summed E-state index contributed by atoms with van der Waals surface area (Å²) in [4.78, 5) is 22.1. The Balaban J connectivity index is 2.18. The number of nitrogens with zero attached hydrogens (tertiary/aromatic N) is 2. The van der Waals surface area contributed by atoms with Crippen LogP contribution < -0.4 is 11.5 Å². The Kier molecular flexibility index (Phi) is 3.46. The molecule has 0 aliphatic heterocycles. The van der Waals surface area contributed by atoms with E-state index in [2.05, 4.69) is 9.84 Å². The first-order valence-corrected chi connectivity index (χ1v) is 5.44. The fraction of sp³-hybridized carbons (Fsp3) is 0.0833. The van der Waals surface area contributed by atoms with Gasteiger partial charge in [0.25, 0.3) is 5.91 Å². The summed E-state index contributed by atoms with van der Waals surface area (Å²) in [7, 11) is 0. The zero-order valence-electron chi connectivity index (χ0n) is 9.95. The molecule has 0 radical (unpaired) electrons. The molecule has 0 spiro atoms. The van der Waals surface area contributed by atoms with E-state index in [1.807, 2.05) is 0 Å². The molecule has 7 heteroatoms.